The molecule has 0 bridgehead atoms. The van der Waals surface area contributed by atoms with E-state index in [0.29, 0.717) is 19.8 Å². The summed E-state index contributed by atoms with van der Waals surface area (Å²) in [5.74, 6) is 0. The molecule has 1 N–H and O–H groups in total. The summed E-state index contributed by atoms with van der Waals surface area (Å²) < 4.78 is 21.1. The van der Waals surface area contributed by atoms with E-state index in [0.717, 1.165) is 39.1 Å². The number of unbranched alkanes of at least 4 members (excludes halogenated alkanes) is 2. The van der Waals surface area contributed by atoms with Crippen molar-refractivity contribution < 1.29 is 18.9 Å². The van der Waals surface area contributed by atoms with Crippen LogP contribution in [0.2, 0.25) is 0 Å². The summed E-state index contributed by atoms with van der Waals surface area (Å²) in [5, 5.41) is 3.10. The summed E-state index contributed by atoms with van der Waals surface area (Å²) in [4.78, 5) is 0. The van der Waals surface area contributed by atoms with E-state index in [4.69, 9.17) is 18.9 Å². The zero-order valence-corrected chi connectivity index (χ0v) is 11.0. The Morgan fingerprint density at radius 2 is 1.76 bits per heavy atom. The first kappa shape index (κ1) is 14.9. The lowest BCUT2D eigenvalue weighted by Crippen LogP contribution is -2.34. The number of ether oxygens (including phenoxy) is 4. The zero-order chi connectivity index (χ0) is 12.4. The molecule has 17 heavy (non-hydrogen) atoms. The number of likely N-dealkylation sites (N-methyl/N-ethyl adjacent to an activating group) is 1. The van der Waals surface area contributed by atoms with Gasteiger partial charge in [0, 0.05) is 20.3 Å². The molecule has 0 aromatic heterocycles. The minimum atomic E-state index is -0.177. The Bertz CT molecular complexity index is 185. The molecular weight excluding hydrogens is 222 g/mol. The summed E-state index contributed by atoms with van der Waals surface area (Å²) in [5.41, 5.74) is -0.177. The molecule has 0 aromatic carbocycles. The Labute approximate surface area is 104 Å². The average Bonchev–Trinajstić information content (AvgIpc) is 3.12. The van der Waals surface area contributed by atoms with Crippen molar-refractivity contribution in [2.45, 2.75) is 25.0 Å². The quantitative estimate of drug-likeness (QED) is 0.408. The highest BCUT2D eigenvalue weighted by Crippen LogP contribution is 2.22. The Hall–Kier alpha value is -0.200. The third-order valence-corrected chi connectivity index (χ3v) is 2.79. The van der Waals surface area contributed by atoms with Gasteiger partial charge in [0.05, 0.1) is 26.4 Å². The second kappa shape index (κ2) is 8.83. The number of nitrogens with one attached hydrogen (secondary N) is 1. The normalized spacial score (nSPS) is 22.9. The van der Waals surface area contributed by atoms with Gasteiger partial charge in [-0.3, -0.25) is 5.32 Å². The molecule has 1 aliphatic rings. The Morgan fingerprint density at radius 1 is 1.06 bits per heavy atom. The monoisotopic (exact) mass is 247 g/mol. The average molecular weight is 247 g/mol. The van der Waals surface area contributed by atoms with E-state index in [1.54, 1.807) is 7.11 Å². The van der Waals surface area contributed by atoms with E-state index in [1.807, 2.05) is 7.05 Å². The maximum absolute atomic E-state index is 5.55. The van der Waals surface area contributed by atoms with Crippen molar-refractivity contribution in [3.05, 3.63) is 0 Å². The lowest BCUT2D eigenvalue weighted by Gasteiger charge is -2.10. The lowest BCUT2D eigenvalue weighted by atomic mass is 10.2. The summed E-state index contributed by atoms with van der Waals surface area (Å²) in [6.45, 7) is 4.38. The summed E-state index contributed by atoms with van der Waals surface area (Å²) in [7, 11) is 3.58. The summed E-state index contributed by atoms with van der Waals surface area (Å²) in [6, 6.07) is 0. The molecule has 0 saturated carbocycles. The predicted octanol–water partition coefficient (Wildman–Crippen LogP) is 0.782. The third-order valence-electron chi connectivity index (χ3n) is 2.79. The molecule has 1 atom stereocenters. The first-order valence-electron chi connectivity index (χ1n) is 6.30. The van der Waals surface area contributed by atoms with Gasteiger partial charge in [0.25, 0.3) is 0 Å². The van der Waals surface area contributed by atoms with Gasteiger partial charge in [-0.25, -0.2) is 0 Å². The van der Waals surface area contributed by atoms with Crippen molar-refractivity contribution in [2.75, 3.05) is 53.8 Å². The molecule has 102 valence electrons. The van der Waals surface area contributed by atoms with Gasteiger partial charge < -0.3 is 18.9 Å². The van der Waals surface area contributed by atoms with Crippen LogP contribution in [-0.2, 0) is 18.9 Å². The lowest BCUT2D eigenvalue weighted by molar-refractivity contribution is 0.0575. The number of epoxide rings is 1. The van der Waals surface area contributed by atoms with Crippen molar-refractivity contribution >= 4 is 0 Å². The predicted molar refractivity (Wildman–Crippen MR) is 65.1 cm³/mol. The molecular formula is C12H25NO4. The molecule has 1 unspecified atom stereocenters. The minimum absolute atomic E-state index is 0.177. The van der Waals surface area contributed by atoms with Crippen LogP contribution in [0.15, 0.2) is 0 Å². The van der Waals surface area contributed by atoms with Crippen LogP contribution in [0.1, 0.15) is 19.3 Å². The standard InChI is InChI=1S/C12H25NO4/c1-13-12(11-17-12)10-16-7-5-3-4-6-15-9-8-14-2/h13H,3-11H2,1-2H3. The van der Waals surface area contributed by atoms with Gasteiger partial charge in [-0.15, -0.1) is 0 Å². The van der Waals surface area contributed by atoms with Crippen molar-refractivity contribution in [1.82, 2.24) is 5.32 Å². The van der Waals surface area contributed by atoms with Crippen LogP contribution in [0.5, 0.6) is 0 Å². The van der Waals surface area contributed by atoms with Crippen molar-refractivity contribution in [3.63, 3.8) is 0 Å². The zero-order valence-electron chi connectivity index (χ0n) is 11.0. The molecule has 0 aliphatic carbocycles. The molecule has 5 heteroatoms. The number of hydrogen-bond donors (Lipinski definition) is 1. The molecule has 1 fully saturated rings. The van der Waals surface area contributed by atoms with Crippen LogP contribution in [0.25, 0.3) is 0 Å². The largest absolute Gasteiger partial charge is 0.382 e. The Kier molecular flexibility index (Phi) is 7.72. The number of hydrogen-bond acceptors (Lipinski definition) is 5. The number of rotatable bonds is 12. The van der Waals surface area contributed by atoms with Crippen LogP contribution in [-0.4, -0.2) is 59.5 Å². The minimum Gasteiger partial charge on any atom is -0.382 e. The highest BCUT2D eigenvalue weighted by atomic mass is 16.6. The molecule has 1 aliphatic heterocycles. The van der Waals surface area contributed by atoms with E-state index >= 15 is 0 Å². The van der Waals surface area contributed by atoms with E-state index in [-0.39, 0.29) is 5.72 Å². The van der Waals surface area contributed by atoms with Gasteiger partial charge in [-0.1, -0.05) is 0 Å². The molecule has 1 heterocycles. The van der Waals surface area contributed by atoms with Gasteiger partial charge >= 0.3 is 0 Å². The van der Waals surface area contributed by atoms with Gasteiger partial charge in [-0.2, -0.15) is 0 Å². The van der Waals surface area contributed by atoms with Gasteiger partial charge in [-0.05, 0) is 26.3 Å². The fraction of sp³-hybridized carbons (Fsp3) is 1.00. The molecule has 0 radical (unpaired) electrons. The molecule has 0 aromatic rings. The highest BCUT2D eigenvalue weighted by Gasteiger charge is 2.43. The van der Waals surface area contributed by atoms with Crippen molar-refractivity contribution in [1.29, 1.82) is 0 Å². The topological polar surface area (TPSA) is 52.2 Å². The fourth-order valence-electron chi connectivity index (χ4n) is 1.45. The maximum atomic E-state index is 5.55. The molecule has 1 rings (SSSR count). The smallest absolute Gasteiger partial charge is 0.166 e. The third kappa shape index (κ3) is 6.95. The summed E-state index contributed by atoms with van der Waals surface area (Å²) >= 11 is 0. The van der Waals surface area contributed by atoms with Crippen LogP contribution in [0.4, 0.5) is 0 Å². The first-order valence-corrected chi connectivity index (χ1v) is 6.30. The van der Waals surface area contributed by atoms with Crippen LogP contribution < -0.4 is 5.32 Å². The van der Waals surface area contributed by atoms with E-state index in [9.17, 15) is 0 Å². The number of methoxy groups -OCH3 is 1. The van der Waals surface area contributed by atoms with Crippen molar-refractivity contribution in [2.24, 2.45) is 0 Å². The summed E-state index contributed by atoms with van der Waals surface area (Å²) in [6.07, 6.45) is 3.30. The van der Waals surface area contributed by atoms with Crippen molar-refractivity contribution in [3.8, 4) is 0 Å². The van der Waals surface area contributed by atoms with E-state index in [2.05, 4.69) is 5.32 Å². The Balaban J connectivity index is 1.73. The van der Waals surface area contributed by atoms with Gasteiger partial charge in [0.2, 0.25) is 0 Å². The van der Waals surface area contributed by atoms with Gasteiger partial charge in [0.15, 0.2) is 5.72 Å². The van der Waals surface area contributed by atoms with E-state index in [1.165, 1.54) is 0 Å². The molecule has 5 nitrogen and oxygen atoms in total. The molecule has 1 saturated heterocycles. The maximum Gasteiger partial charge on any atom is 0.166 e. The fourth-order valence-corrected chi connectivity index (χ4v) is 1.45. The van der Waals surface area contributed by atoms with E-state index < -0.39 is 0 Å². The molecule has 0 amide bonds. The second-order valence-corrected chi connectivity index (χ2v) is 4.25. The Morgan fingerprint density at radius 3 is 2.35 bits per heavy atom. The van der Waals surface area contributed by atoms with Crippen LogP contribution in [0, 0.1) is 0 Å². The SMILES string of the molecule is CNC1(COCCCCCOCCOC)CO1. The highest BCUT2D eigenvalue weighted by molar-refractivity contribution is 4.87. The first-order chi connectivity index (χ1) is 8.33. The molecule has 0 spiro atoms. The van der Waals surface area contributed by atoms with Crippen LogP contribution in [0.3, 0.4) is 0 Å². The van der Waals surface area contributed by atoms with Crippen LogP contribution >= 0.6 is 0 Å². The van der Waals surface area contributed by atoms with Gasteiger partial charge in [0.1, 0.15) is 0 Å². The second-order valence-electron chi connectivity index (χ2n) is 4.25.